The maximum Gasteiger partial charge on any atom is 0.341 e. The predicted molar refractivity (Wildman–Crippen MR) is 107 cm³/mol. The Kier molecular flexibility index (Phi) is 7.36. The van der Waals surface area contributed by atoms with Gasteiger partial charge in [0.25, 0.3) is 0 Å². The zero-order valence-electron chi connectivity index (χ0n) is 16.8. The fourth-order valence-corrected chi connectivity index (χ4v) is 5.24. The molecular formula is C23H34O5. The standard InChI is InChI=1S/C23H34O5/c1-2-3-4-7-17(24)9-10-18-19-11-15-6-5-8-22(28-14-23(26)27)20(15)12-16(19)13-21(18)25/h5-6,8,16-19,21,24-25H,2-4,7,9-14H2,1H3,(H,26,27)/t16-,17?,18+,19-,21+/m0/s1. The molecule has 3 N–H and O–H groups in total. The van der Waals surface area contributed by atoms with Crippen molar-refractivity contribution in [2.45, 2.75) is 76.9 Å². The van der Waals surface area contributed by atoms with Crippen LogP contribution in [-0.2, 0) is 17.6 Å². The van der Waals surface area contributed by atoms with E-state index in [4.69, 9.17) is 9.84 Å². The van der Waals surface area contributed by atoms with Gasteiger partial charge < -0.3 is 20.1 Å². The number of aliphatic carboxylic acids is 1. The lowest BCUT2D eigenvalue weighted by Gasteiger charge is -2.32. The number of ether oxygens (including phenoxy) is 1. The van der Waals surface area contributed by atoms with Crippen LogP contribution in [0.4, 0.5) is 0 Å². The van der Waals surface area contributed by atoms with Crippen LogP contribution in [0.5, 0.6) is 5.75 Å². The van der Waals surface area contributed by atoms with Crippen LogP contribution < -0.4 is 4.74 Å². The monoisotopic (exact) mass is 390 g/mol. The molecule has 0 spiro atoms. The normalized spacial score (nSPS) is 27.1. The fourth-order valence-electron chi connectivity index (χ4n) is 5.24. The van der Waals surface area contributed by atoms with E-state index in [2.05, 4.69) is 13.0 Å². The van der Waals surface area contributed by atoms with Gasteiger partial charge in [0.15, 0.2) is 6.61 Å². The first-order chi connectivity index (χ1) is 13.5. The van der Waals surface area contributed by atoms with Crippen molar-refractivity contribution in [3.8, 4) is 5.75 Å². The zero-order valence-corrected chi connectivity index (χ0v) is 16.8. The van der Waals surface area contributed by atoms with Crippen LogP contribution in [-0.4, -0.2) is 40.1 Å². The molecule has 3 rings (SSSR count). The van der Waals surface area contributed by atoms with Crippen LogP contribution in [0, 0.1) is 17.8 Å². The summed E-state index contributed by atoms with van der Waals surface area (Å²) in [6.45, 7) is 1.84. The van der Waals surface area contributed by atoms with Gasteiger partial charge in [-0.05, 0) is 73.5 Å². The van der Waals surface area contributed by atoms with Crippen molar-refractivity contribution in [2.75, 3.05) is 6.61 Å². The third kappa shape index (κ3) is 5.06. The quantitative estimate of drug-likeness (QED) is 0.532. The Morgan fingerprint density at radius 2 is 2.07 bits per heavy atom. The molecule has 1 unspecified atom stereocenters. The molecule has 1 aromatic rings. The minimum atomic E-state index is -0.972. The molecule has 2 aliphatic carbocycles. The second kappa shape index (κ2) is 9.75. The largest absolute Gasteiger partial charge is 0.482 e. The fraction of sp³-hybridized carbons (Fsp3) is 0.696. The van der Waals surface area contributed by atoms with Crippen molar-refractivity contribution in [1.29, 1.82) is 0 Å². The highest BCUT2D eigenvalue weighted by Gasteiger charge is 2.44. The molecule has 0 saturated heterocycles. The first kappa shape index (κ1) is 21.1. The summed E-state index contributed by atoms with van der Waals surface area (Å²) in [4.78, 5) is 10.8. The van der Waals surface area contributed by atoms with Gasteiger partial charge in [-0.15, -0.1) is 0 Å². The molecule has 28 heavy (non-hydrogen) atoms. The lowest BCUT2D eigenvalue weighted by Crippen LogP contribution is -2.28. The SMILES string of the molecule is CCCCCC(O)CC[C@@H]1[C@H]2Cc3cccc(OCC(=O)O)c3C[C@H]2C[C@H]1O. The van der Waals surface area contributed by atoms with Crippen LogP contribution in [0.1, 0.15) is 63.0 Å². The van der Waals surface area contributed by atoms with Gasteiger partial charge in [0, 0.05) is 0 Å². The van der Waals surface area contributed by atoms with Crippen LogP contribution in [0.25, 0.3) is 0 Å². The van der Waals surface area contributed by atoms with Crippen LogP contribution in [0.3, 0.4) is 0 Å². The van der Waals surface area contributed by atoms with Gasteiger partial charge in [-0.1, -0.05) is 38.3 Å². The Hall–Kier alpha value is -1.59. The maximum atomic E-state index is 10.8. The van der Waals surface area contributed by atoms with Gasteiger partial charge in [0.05, 0.1) is 12.2 Å². The zero-order chi connectivity index (χ0) is 20.1. The summed E-state index contributed by atoms with van der Waals surface area (Å²) in [7, 11) is 0. The van der Waals surface area contributed by atoms with Crippen molar-refractivity contribution < 1.29 is 24.9 Å². The van der Waals surface area contributed by atoms with Crippen molar-refractivity contribution >= 4 is 5.97 Å². The van der Waals surface area contributed by atoms with E-state index in [-0.39, 0.29) is 24.7 Å². The number of hydrogen-bond acceptors (Lipinski definition) is 4. The van der Waals surface area contributed by atoms with Gasteiger partial charge in [-0.3, -0.25) is 0 Å². The number of aliphatic hydroxyl groups is 2. The molecule has 1 aromatic carbocycles. The smallest absolute Gasteiger partial charge is 0.341 e. The number of fused-ring (bicyclic) bond motifs is 2. The predicted octanol–water partition coefficient (Wildman–Crippen LogP) is 3.58. The lowest BCUT2D eigenvalue weighted by molar-refractivity contribution is -0.139. The Balaban J connectivity index is 1.62. The van der Waals surface area contributed by atoms with Crippen molar-refractivity contribution in [3.63, 3.8) is 0 Å². The second-order valence-corrected chi connectivity index (χ2v) is 8.60. The number of benzene rings is 1. The lowest BCUT2D eigenvalue weighted by atomic mass is 9.73. The van der Waals surface area contributed by atoms with Crippen LogP contribution in [0.15, 0.2) is 18.2 Å². The number of unbranched alkanes of at least 4 members (excludes halogenated alkanes) is 2. The third-order valence-corrected chi connectivity index (χ3v) is 6.67. The number of aliphatic hydroxyl groups excluding tert-OH is 2. The molecule has 0 aliphatic heterocycles. The van der Waals surface area contributed by atoms with E-state index >= 15 is 0 Å². The molecule has 0 amide bonds. The van der Waals surface area contributed by atoms with Gasteiger partial charge in [-0.2, -0.15) is 0 Å². The topological polar surface area (TPSA) is 87.0 Å². The van der Waals surface area contributed by atoms with Crippen LogP contribution in [0.2, 0.25) is 0 Å². The minimum absolute atomic E-state index is 0.238. The molecule has 0 heterocycles. The second-order valence-electron chi connectivity index (χ2n) is 8.60. The van der Waals surface area contributed by atoms with E-state index in [1.807, 2.05) is 12.1 Å². The van der Waals surface area contributed by atoms with Crippen molar-refractivity contribution in [3.05, 3.63) is 29.3 Å². The first-order valence-electron chi connectivity index (χ1n) is 10.8. The van der Waals surface area contributed by atoms with Crippen molar-refractivity contribution in [1.82, 2.24) is 0 Å². The highest BCUT2D eigenvalue weighted by atomic mass is 16.5. The van der Waals surface area contributed by atoms with Crippen molar-refractivity contribution in [2.24, 2.45) is 17.8 Å². The number of carboxylic acids is 1. The van der Waals surface area contributed by atoms with E-state index in [0.717, 1.165) is 63.4 Å². The van der Waals surface area contributed by atoms with E-state index in [9.17, 15) is 15.0 Å². The van der Waals surface area contributed by atoms with Crippen LogP contribution >= 0.6 is 0 Å². The average Bonchev–Trinajstić information content (AvgIpc) is 2.97. The van der Waals surface area contributed by atoms with E-state index in [1.54, 1.807) is 0 Å². The molecule has 156 valence electrons. The highest BCUT2D eigenvalue weighted by Crippen LogP contribution is 2.48. The minimum Gasteiger partial charge on any atom is -0.482 e. The third-order valence-electron chi connectivity index (χ3n) is 6.67. The van der Waals surface area contributed by atoms with Gasteiger partial charge in [-0.25, -0.2) is 4.79 Å². The molecule has 5 heteroatoms. The summed E-state index contributed by atoms with van der Waals surface area (Å²) in [5.74, 6) is 0.768. The molecule has 2 aliphatic rings. The average molecular weight is 391 g/mol. The maximum absolute atomic E-state index is 10.8. The molecule has 5 nitrogen and oxygen atoms in total. The summed E-state index contributed by atoms with van der Waals surface area (Å²) in [5, 5.41) is 29.8. The summed E-state index contributed by atoms with van der Waals surface area (Å²) >= 11 is 0. The number of carbonyl (C=O) groups is 1. The number of hydrogen-bond donors (Lipinski definition) is 3. The molecule has 1 saturated carbocycles. The summed E-state index contributed by atoms with van der Waals surface area (Å²) in [6.07, 6.45) is 7.85. The van der Waals surface area contributed by atoms with E-state index in [0.29, 0.717) is 17.6 Å². The summed E-state index contributed by atoms with van der Waals surface area (Å²) in [6, 6.07) is 5.87. The highest BCUT2D eigenvalue weighted by molar-refractivity contribution is 5.68. The Morgan fingerprint density at radius 3 is 2.82 bits per heavy atom. The molecule has 1 fully saturated rings. The Bertz CT molecular complexity index is 658. The molecule has 0 bridgehead atoms. The van der Waals surface area contributed by atoms with Gasteiger partial charge in [0.1, 0.15) is 5.75 Å². The van der Waals surface area contributed by atoms with Gasteiger partial charge >= 0.3 is 5.97 Å². The number of rotatable bonds is 10. The molecule has 0 aromatic heterocycles. The Labute approximate surface area is 167 Å². The molecule has 0 radical (unpaired) electrons. The van der Waals surface area contributed by atoms with E-state index < -0.39 is 5.97 Å². The molecule has 5 atom stereocenters. The molecular weight excluding hydrogens is 356 g/mol. The van der Waals surface area contributed by atoms with Gasteiger partial charge in [0.2, 0.25) is 0 Å². The summed E-state index contributed by atoms with van der Waals surface area (Å²) in [5.41, 5.74) is 2.32. The Morgan fingerprint density at radius 1 is 1.25 bits per heavy atom. The summed E-state index contributed by atoms with van der Waals surface area (Å²) < 4.78 is 5.50. The number of carboxylic acid groups (broad SMARTS) is 1. The van der Waals surface area contributed by atoms with E-state index in [1.165, 1.54) is 5.56 Å². The first-order valence-corrected chi connectivity index (χ1v) is 10.8.